The molecule has 0 spiro atoms. The number of benzene rings is 1. The summed E-state index contributed by atoms with van der Waals surface area (Å²) in [6, 6.07) is 7.81. The van der Waals surface area contributed by atoms with E-state index in [0.717, 1.165) is 25.2 Å². The van der Waals surface area contributed by atoms with Gasteiger partial charge in [0.05, 0.1) is 4.90 Å². The van der Waals surface area contributed by atoms with Gasteiger partial charge in [-0.25, -0.2) is 12.7 Å². The molecule has 6 heteroatoms. The van der Waals surface area contributed by atoms with Crippen molar-refractivity contribution in [1.29, 1.82) is 0 Å². The monoisotopic (exact) mass is 311 g/mol. The summed E-state index contributed by atoms with van der Waals surface area (Å²) in [4.78, 5) is 2.75. The fraction of sp³-hybridized carbons (Fsp3) is 0.600. The zero-order valence-corrected chi connectivity index (χ0v) is 13.9. The second kappa shape index (κ2) is 6.87. The molecule has 1 fully saturated rings. The minimum absolute atomic E-state index is 0.368. The van der Waals surface area contributed by atoms with Crippen molar-refractivity contribution in [3.63, 3.8) is 0 Å². The largest absolute Gasteiger partial charge is 0.316 e. The maximum atomic E-state index is 12.2. The van der Waals surface area contributed by atoms with Crippen molar-refractivity contribution in [3.8, 4) is 0 Å². The number of rotatable bonds is 5. The summed E-state index contributed by atoms with van der Waals surface area (Å²) >= 11 is 0. The van der Waals surface area contributed by atoms with Gasteiger partial charge < -0.3 is 5.32 Å². The lowest BCUT2D eigenvalue weighted by Crippen LogP contribution is -2.43. The zero-order chi connectivity index (χ0) is 15.5. The molecule has 1 N–H and O–H groups in total. The maximum Gasteiger partial charge on any atom is 0.242 e. The SMILES string of the molecule is CNC1CCCN(Cc2cccc(S(=O)(=O)N(C)C)c2)C1. The molecule has 1 unspecified atom stereocenters. The quantitative estimate of drug-likeness (QED) is 0.885. The van der Waals surface area contributed by atoms with E-state index in [2.05, 4.69) is 10.2 Å². The standard InChI is InChI=1S/C15H25N3O2S/c1-16-14-7-5-9-18(12-14)11-13-6-4-8-15(10-13)21(19,20)17(2)3/h4,6,8,10,14,16H,5,7,9,11-12H2,1-3H3. The number of likely N-dealkylation sites (N-methyl/N-ethyl adjacent to an activating group) is 1. The number of nitrogens with one attached hydrogen (secondary N) is 1. The molecule has 1 heterocycles. The van der Waals surface area contributed by atoms with Crippen LogP contribution in [0, 0.1) is 0 Å². The Morgan fingerprint density at radius 3 is 2.81 bits per heavy atom. The lowest BCUT2D eigenvalue weighted by Gasteiger charge is -2.32. The fourth-order valence-corrected chi connectivity index (χ4v) is 3.68. The summed E-state index contributed by atoms with van der Waals surface area (Å²) in [7, 11) is 1.76. The molecular formula is C15H25N3O2S. The minimum atomic E-state index is -3.35. The van der Waals surface area contributed by atoms with Gasteiger partial charge >= 0.3 is 0 Å². The van der Waals surface area contributed by atoms with Gasteiger partial charge in [0.1, 0.15) is 0 Å². The highest BCUT2D eigenvalue weighted by atomic mass is 32.2. The molecule has 0 amide bonds. The van der Waals surface area contributed by atoms with Crippen LogP contribution in [0.1, 0.15) is 18.4 Å². The van der Waals surface area contributed by atoms with Crippen LogP contribution in [0.15, 0.2) is 29.2 Å². The molecule has 118 valence electrons. The van der Waals surface area contributed by atoms with Crippen LogP contribution in [-0.2, 0) is 16.6 Å². The number of likely N-dealkylation sites (tertiary alicyclic amines) is 1. The van der Waals surface area contributed by atoms with Gasteiger partial charge in [-0.1, -0.05) is 12.1 Å². The fourth-order valence-electron chi connectivity index (χ4n) is 2.71. The van der Waals surface area contributed by atoms with E-state index in [9.17, 15) is 8.42 Å². The van der Waals surface area contributed by atoms with Gasteiger partial charge in [-0.2, -0.15) is 0 Å². The first kappa shape index (κ1) is 16.4. The Kier molecular flexibility index (Phi) is 5.37. The molecule has 0 aliphatic carbocycles. The van der Waals surface area contributed by atoms with Crippen LogP contribution in [0.3, 0.4) is 0 Å². The molecule has 1 aromatic carbocycles. The molecule has 0 aromatic heterocycles. The number of hydrogen-bond acceptors (Lipinski definition) is 4. The molecule has 5 nitrogen and oxygen atoms in total. The Labute approximate surface area is 128 Å². The first-order chi connectivity index (χ1) is 9.93. The van der Waals surface area contributed by atoms with Crippen LogP contribution >= 0.6 is 0 Å². The molecule has 1 saturated heterocycles. The first-order valence-corrected chi connectivity index (χ1v) is 8.78. The predicted molar refractivity (Wildman–Crippen MR) is 84.7 cm³/mol. The smallest absolute Gasteiger partial charge is 0.242 e. The molecule has 0 radical (unpaired) electrons. The normalized spacial score (nSPS) is 20.9. The van der Waals surface area contributed by atoms with Gasteiger partial charge in [-0.15, -0.1) is 0 Å². The van der Waals surface area contributed by atoms with E-state index in [1.54, 1.807) is 26.2 Å². The highest BCUT2D eigenvalue weighted by Crippen LogP contribution is 2.18. The number of piperidine rings is 1. The third kappa shape index (κ3) is 4.03. The average molecular weight is 311 g/mol. The van der Waals surface area contributed by atoms with Crippen molar-refractivity contribution in [2.45, 2.75) is 30.3 Å². The molecule has 1 atom stereocenters. The van der Waals surface area contributed by atoms with Gasteiger partial charge in [0, 0.05) is 33.2 Å². The lowest BCUT2D eigenvalue weighted by molar-refractivity contribution is 0.188. The van der Waals surface area contributed by atoms with Gasteiger partial charge in [-0.3, -0.25) is 4.90 Å². The Morgan fingerprint density at radius 2 is 2.14 bits per heavy atom. The van der Waals surface area contributed by atoms with E-state index < -0.39 is 10.0 Å². The summed E-state index contributed by atoms with van der Waals surface area (Å²) in [6.07, 6.45) is 2.39. The second-order valence-electron chi connectivity index (χ2n) is 5.80. The van der Waals surface area contributed by atoms with Crippen molar-refractivity contribution >= 4 is 10.0 Å². The molecule has 21 heavy (non-hydrogen) atoms. The third-order valence-corrected chi connectivity index (χ3v) is 5.81. The van der Waals surface area contributed by atoms with Crippen LogP contribution in [-0.4, -0.2) is 57.9 Å². The molecule has 1 aliphatic rings. The van der Waals surface area contributed by atoms with Gasteiger partial charge in [0.2, 0.25) is 10.0 Å². The van der Waals surface area contributed by atoms with Crippen molar-refractivity contribution in [2.24, 2.45) is 0 Å². The highest BCUT2D eigenvalue weighted by molar-refractivity contribution is 7.89. The molecule has 1 aromatic rings. The van der Waals surface area contributed by atoms with E-state index in [0.29, 0.717) is 10.9 Å². The summed E-state index contributed by atoms with van der Waals surface area (Å²) in [5, 5.41) is 3.33. The number of hydrogen-bond donors (Lipinski definition) is 1. The van der Waals surface area contributed by atoms with E-state index in [1.165, 1.54) is 17.1 Å². The first-order valence-electron chi connectivity index (χ1n) is 7.34. The van der Waals surface area contributed by atoms with E-state index >= 15 is 0 Å². The van der Waals surface area contributed by atoms with Crippen molar-refractivity contribution in [3.05, 3.63) is 29.8 Å². The van der Waals surface area contributed by atoms with Crippen molar-refractivity contribution in [2.75, 3.05) is 34.2 Å². The molecule has 1 aliphatic heterocycles. The lowest BCUT2D eigenvalue weighted by atomic mass is 10.1. The summed E-state index contributed by atoms with van der Waals surface area (Å²) in [5.74, 6) is 0. The van der Waals surface area contributed by atoms with E-state index in [4.69, 9.17) is 0 Å². The van der Waals surface area contributed by atoms with Crippen LogP contribution in [0.4, 0.5) is 0 Å². The van der Waals surface area contributed by atoms with Gasteiger partial charge in [-0.05, 0) is 44.1 Å². The minimum Gasteiger partial charge on any atom is -0.316 e. The third-order valence-electron chi connectivity index (χ3n) is 4.00. The van der Waals surface area contributed by atoms with Gasteiger partial charge in [0.25, 0.3) is 0 Å². The topological polar surface area (TPSA) is 52.7 Å². The summed E-state index contributed by atoms with van der Waals surface area (Å²) in [5.41, 5.74) is 1.05. The number of nitrogens with zero attached hydrogens (tertiary/aromatic N) is 2. The Morgan fingerprint density at radius 1 is 1.38 bits per heavy atom. The summed E-state index contributed by atoms with van der Waals surface area (Å²) in [6.45, 7) is 2.89. The van der Waals surface area contributed by atoms with E-state index in [1.807, 2.05) is 19.2 Å². The molecule has 0 saturated carbocycles. The second-order valence-corrected chi connectivity index (χ2v) is 7.95. The molecule has 2 rings (SSSR count). The number of sulfonamides is 1. The van der Waals surface area contributed by atoms with Gasteiger partial charge in [0.15, 0.2) is 0 Å². The van der Waals surface area contributed by atoms with E-state index in [-0.39, 0.29) is 0 Å². The predicted octanol–water partition coefficient (Wildman–Crippen LogP) is 1.12. The summed E-state index contributed by atoms with van der Waals surface area (Å²) < 4.78 is 25.6. The Bertz CT molecular complexity index is 572. The van der Waals surface area contributed by atoms with Crippen molar-refractivity contribution < 1.29 is 8.42 Å². The van der Waals surface area contributed by atoms with Crippen LogP contribution in [0.2, 0.25) is 0 Å². The average Bonchev–Trinajstić information content (AvgIpc) is 2.47. The zero-order valence-electron chi connectivity index (χ0n) is 13.0. The van der Waals surface area contributed by atoms with Crippen LogP contribution in [0.5, 0.6) is 0 Å². The molecular weight excluding hydrogens is 286 g/mol. The Hall–Kier alpha value is -0.950. The highest BCUT2D eigenvalue weighted by Gasteiger charge is 2.20. The molecule has 0 bridgehead atoms. The van der Waals surface area contributed by atoms with Crippen molar-refractivity contribution in [1.82, 2.24) is 14.5 Å². The Balaban J connectivity index is 2.11. The van der Waals surface area contributed by atoms with Crippen LogP contribution in [0.25, 0.3) is 0 Å². The van der Waals surface area contributed by atoms with Crippen LogP contribution < -0.4 is 5.32 Å². The maximum absolute atomic E-state index is 12.2.